The molecule has 1 unspecified atom stereocenters. The molecule has 0 spiro atoms. The van der Waals surface area contributed by atoms with Gasteiger partial charge in [0.1, 0.15) is 0 Å². The molecule has 2 atom stereocenters. The third kappa shape index (κ3) is 4.11. The molecule has 102 valence electrons. The van der Waals surface area contributed by atoms with Gasteiger partial charge in [0, 0.05) is 6.04 Å². The summed E-state index contributed by atoms with van der Waals surface area (Å²) in [6.07, 6.45) is 0.267. The third-order valence-electron chi connectivity index (χ3n) is 3.27. The lowest BCUT2D eigenvalue weighted by molar-refractivity contribution is 0.136. The van der Waals surface area contributed by atoms with Crippen LogP contribution in [0.15, 0.2) is 24.3 Å². The zero-order valence-corrected chi connectivity index (χ0v) is 12.3. The number of rotatable bonds is 4. The van der Waals surface area contributed by atoms with Crippen LogP contribution in [0.5, 0.6) is 0 Å². The topological polar surface area (TPSA) is 46.2 Å². The lowest BCUT2D eigenvalue weighted by Gasteiger charge is -2.23. The van der Waals surface area contributed by atoms with Crippen molar-refractivity contribution in [3.63, 3.8) is 0 Å². The van der Waals surface area contributed by atoms with E-state index in [2.05, 4.69) is 46.8 Å². The summed E-state index contributed by atoms with van der Waals surface area (Å²) in [5, 5.41) is 10.2. The summed E-state index contributed by atoms with van der Waals surface area (Å²) in [4.78, 5) is 0. The minimum Gasteiger partial charge on any atom is -0.387 e. The van der Waals surface area contributed by atoms with Crippen molar-refractivity contribution < 1.29 is 5.11 Å². The van der Waals surface area contributed by atoms with E-state index in [1.54, 1.807) is 0 Å². The molecule has 0 aliphatic carbocycles. The van der Waals surface area contributed by atoms with E-state index in [-0.39, 0.29) is 11.5 Å². The molecule has 0 bridgehead atoms. The number of nitrogens with two attached hydrogens (primary N) is 1. The Morgan fingerprint density at radius 1 is 1.11 bits per heavy atom. The first kappa shape index (κ1) is 15.2. The Morgan fingerprint density at radius 3 is 2.00 bits per heavy atom. The van der Waals surface area contributed by atoms with Gasteiger partial charge in [0.25, 0.3) is 0 Å². The monoisotopic (exact) mass is 249 g/mol. The molecule has 3 N–H and O–H groups in total. The lowest BCUT2D eigenvalue weighted by Crippen LogP contribution is -2.29. The molecular formula is C16H27NO. The Morgan fingerprint density at radius 2 is 1.61 bits per heavy atom. The smallest absolute Gasteiger partial charge is 0.0940 e. The largest absolute Gasteiger partial charge is 0.387 e. The summed E-state index contributed by atoms with van der Waals surface area (Å²) in [5.41, 5.74) is 8.35. The van der Waals surface area contributed by atoms with E-state index in [4.69, 9.17) is 5.73 Å². The number of hydrogen-bond acceptors (Lipinski definition) is 2. The summed E-state index contributed by atoms with van der Waals surface area (Å²) in [6.45, 7) is 10.8. The maximum atomic E-state index is 10.2. The Labute approximate surface area is 111 Å². The van der Waals surface area contributed by atoms with E-state index >= 15 is 0 Å². The van der Waals surface area contributed by atoms with E-state index in [1.807, 2.05) is 12.1 Å². The normalized spacial score (nSPS) is 15.8. The molecule has 1 aromatic rings. The van der Waals surface area contributed by atoms with E-state index in [0.717, 1.165) is 12.0 Å². The molecule has 0 saturated carbocycles. The van der Waals surface area contributed by atoms with Crippen LogP contribution in [0.2, 0.25) is 0 Å². The first-order chi connectivity index (χ1) is 8.21. The van der Waals surface area contributed by atoms with Crippen LogP contribution in [0.4, 0.5) is 0 Å². The standard InChI is InChI=1S/C16H27NO/c1-11(2)10-14(17)15(18)12-6-8-13(9-7-12)16(3,4)5/h6-9,11,14-15,18H,10,17H2,1-5H3/t14-,15?/m1/s1. The van der Waals surface area contributed by atoms with Gasteiger partial charge in [-0.3, -0.25) is 0 Å². The highest BCUT2D eigenvalue weighted by atomic mass is 16.3. The molecule has 1 aromatic carbocycles. The Hall–Kier alpha value is -0.860. The minimum atomic E-state index is -0.568. The second-order valence-electron chi connectivity index (χ2n) is 6.61. The second-order valence-corrected chi connectivity index (χ2v) is 6.61. The maximum Gasteiger partial charge on any atom is 0.0940 e. The first-order valence-electron chi connectivity index (χ1n) is 6.76. The fourth-order valence-corrected chi connectivity index (χ4v) is 2.10. The van der Waals surface area contributed by atoms with Gasteiger partial charge in [-0.25, -0.2) is 0 Å². The van der Waals surface area contributed by atoms with Crippen molar-refractivity contribution in [1.82, 2.24) is 0 Å². The lowest BCUT2D eigenvalue weighted by atomic mass is 9.85. The van der Waals surface area contributed by atoms with Crippen molar-refractivity contribution in [2.24, 2.45) is 11.7 Å². The molecule has 0 fully saturated rings. The van der Waals surface area contributed by atoms with Gasteiger partial charge < -0.3 is 10.8 Å². The van der Waals surface area contributed by atoms with E-state index in [0.29, 0.717) is 5.92 Å². The molecule has 2 nitrogen and oxygen atoms in total. The number of hydrogen-bond donors (Lipinski definition) is 2. The fraction of sp³-hybridized carbons (Fsp3) is 0.625. The second kappa shape index (κ2) is 5.85. The van der Waals surface area contributed by atoms with Gasteiger partial charge in [-0.15, -0.1) is 0 Å². The fourth-order valence-electron chi connectivity index (χ4n) is 2.10. The van der Waals surface area contributed by atoms with Gasteiger partial charge in [0.2, 0.25) is 0 Å². The molecule has 0 aliphatic heterocycles. The number of aliphatic hydroxyl groups excluding tert-OH is 1. The molecule has 0 aromatic heterocycles. The van der Waals surface area contributed by atoms with E-state index < -0.39 is 6.10 Å². The average molecular weight is 249 g/mol. The predicted molar refractivity (Wildman–Crippen MR) is 77.5 cm³/mol. The maximum absolute atomic E-state index is 10.2. The highest BCUT2D eigenvalue weighted by Crippen LogP contribution is 2.25. The van der Waals surface area contributed by atoms with Crippen LogP contribution in [0.3, 0.4) is 0 Å². The van der Waals surface area contributed by atoms with Crippen molar-refractivity contribution in [3.8, 4) is 0 Å². The van der Waals surface area contributed by atoms with Crippen molar-refractivity contribution in [2.75, 3.05) is 0 Å². The first-order valence-corrected chi connectivity index (χ1v) is 6.76. The van der Waals surface area contributed by atoms with E-state index in [1.165, 1.54) is 5.56 Å². The van der Waals surface area contributed by atoms with Crippen molar-refractivity contribution in [2.45, 2.75) is 58.6 Å². The summed E-state index contributed by atoms with van der Waals surface area (Å²) >= 11 is 0. The molecule has 0 heterocycles. The van der Waals surface area contributed by atoms with E-state index in [9.17, 15) is 5.11 Å². The Kier molecular flexibility index (Phi) is 4.94. The van der Waals surface area contributed by atoms with Gasteiger partial charge in [-0.2, -0.15) is 0 Å². The SMILES string of the molecule is CC(C)C[C@@H](N)C(O)c1ccc(C(C)(C)C)cc1. The van der Waals surface area contributed by atoms with Crippen LogP contribution < -0.4 is 5.73 Å². The summed E-state index contributed by atoms with van der Waals surface area (Å²) < 4.78 is 0. The summed E-state index contributed by atoms with van der Waals surface area (Å²) in [5.74, 6) is 0.503. The highest BCUT2D eigenvalue weighted by Gasteiger charge is 2.19. The van der Waals surface area contributed by atoms with Crippen LogP contribution in [-0.4, -0.2) is 11.1 Å². The van der Waals surface area contributed by atoms with Gasteiger partial charge in [-0.05, 0) is 28.9 Å². The van der Waals surface area contributed by atoms with Crippen molar-refractivity contribution >= 4 is 0 Å². The zero-order chi connectivity index (χ0) is 13.9. The highest BCUT2D eigenvalue weighted by molar-refractivity contribution is 5.29. The van der Waals surface area contributed by atoms with Gasteiger partial charge in [-0.1, -0.05) is 58.9 Å². The Balaban J connectivity index is 2.79. The molecular weight excluding hydrogens is 222 g/mol. The predicted octanol–water partition coefficient (Wildman–Crippen LogP) is 3.39. The molecule has 0 amide bonds. The van der Waals surface area contributed by atoms with Crippen LogP contribution in [0.25, 0.3) is 0 Å². The third-order valence-corrected chi connectivity index (χ3v) is 3.27. The average Bonchev–Trinajstić information content (AvgIpc) is 2.26. The van der Waals surface area contributed by atoms with Crippen molar-refractivity contribution in [1.29, 1.82) is 0 Å². The molecule has 1 rings (SSSR count). The minimum absolute atomic E-state index is 0.142. The van der Waals surface area contributed by atoms with Crippen LogP contribution in [0, 0.1) is 5.92 Å². The molecule has 0 saturated heterocycles. The van der Waals surface area contributed by atoms with Gasteiger partial charge in [0.05, 0.1) is 6.10 Å². The molecule has 0 aliphatic rings. The molecule has 0 radical (unpaired) electrons. The van der Waals surface area contributed by atoms with Crippen molar-refractivity contribution in [3.05, 3.63) is 35.4 Å². The van der Waals surface area contributed by atoms with Crippen LogP contribution in [0.1, 0.15) is 58.3 Å². The van der Waals surface area contributed by atoms with Crippen LogP contribution >= 0.6 is 0 Å². The van der Waals surface area contributed by atoms with Gasteiger partial charge >= 0.3 is 0 Å². The summed E-state index contributed by atoms with van der Waals surface area (Å²) in [6, 6.07) is 7.96. The van der Waals surface area contributed by atoms with Crippen LogP contribution in [-0.2, 0) is 5.41 Å². The number of benzene rings is 1. The zero-order valence-electron chi connectivity index (χ0n) is 12.3. The number of aliphatic hydroxyl groups is 1. The Bertz CT molecular complexity index is 362. The molecule has 18 heavy (non-hydrogen) atoms. The summed E-state index contributed by atoms with van der Waals surface area (Å²) in [7, 11) is 0. The van der Waals surface area contributed by atoms with Gasteiger partial charge in [0.15, 0.2) is 0 Å². The molecule has 2 heteroatoms. The quantitative estimate of drug-likeness (QED) is 0.859.